The summed E-state index contributed by atoms with van der Waals surface area (Å²) >= 11 is 0.529. The van der Waals surface area contributed by atoms with Crippen LogP contribution < -0.4 is 4.46 Å². The van der Waals surface area contributed by atoms with Crippen LogP contribution in [-0.4, -0.2) is 38.3 Å². The zero-order valence-electron chi connectivity index (χ0n) is 16.9. The fourth-order valence-electron chi connectivity index (χ4n) is 4.16. The van der Waals surface area contributed by atoms with Gasteiger partial charge < -0.3 is 0 Å². The molecule has 0 amide bonds. The number of nitrogens with zero attached hydrogens (tertiary/aromatic N) is 1. The van der Waals surface area contributed by atoms with Gasteiger partial charge in [0.25, 0.3) is 0 Å². The van der Waals surface area contributed by atoms with E-state index < -0.39 is 0 Å². The number of rotatable bonds is 7. The molecule has 1 aliphatic heterocycles. The zero-order valence-corrected chi connectivity index (χ0v) is 18.6. The van der Waals surface area contributed by atoms with E-state index in [1.807, 2.05) is 18.5 Å². The first-order chi connectivity index (χ1) is 12.4. The van der Waals surface area contributed by atoms with Gasteiger partial charge in [0.2, 0.25) is 0 Å². The van der Waals surface area contributed by atoms with E-state index in [9.17, 15) is 0 Å². The first-order valence-corrected chi connectivity index (χ1v) is 12.3. The summed E-state index contributed by atoms with van der Waals surface area (Å²) in [5.41, 5.74) is -0.436. The van der Waals surface area contributed by atoms with E-state index in [1.165, 1.54) is 54.7 Å². The maximum absolute atomic E-state index is 6.47. The molecule has 1 aromatic rings. The molecule has 1 atom stereocenters. The fraction of sp³-hybridized carbons (Fsp3) is 0.762. The van der Waals surface area contributed by atoms with Crippen molar-refractivity contribution in [3.05, 3.63) is 24.5 Å². The number of hydrogen-bond donors (Lipinski definition) is 0. The predicted octanol–water partition coefficient (Wildman–Crippen LogP) is 4.65. The van der Waals surface area contributed by atoms with E-state index in [0.29, 0.717) is 20.8 Å². The summed E-state index contributed by atoms with van der Waals surface area (Å²) in [4.78, 5) is 4.24. The molecular weight excluding hydrogens is 388 g/mol. The molecule has 26 heavy (non-hydrogen) atoms. The van der Waals surface area contributed by atoms with E-state index in [2.05, 4.69) is 38.7 Å². The average molecular weight is 422 g/mol. The van der Waals surface area contributed by atoms with Crippen LogP contribution in [0.4, 0.5) is 0 Å². The van der Waals surface area contributed by atoms with Crippen molar-refractivity contribution in [3.8, 4) is 0 Å². The van der Waals surface area contributed by atoms with E-state index in [1.54, 1.807) is 0 Å². The summed E-state index contributed by atoms with van der Waals surface area (Å²) in [6.07, 6.45) is 13.2. The Morgan fingerprint density at radius 1 is 1.15 bits per heavy atom. The molecule has 1 saturated heterocycles. The Morgan fingerprint density at radius 2 is 1.85 bits per heavy atom. The Balaban J connectivity index is 1.59. The molecule has 0 N–H and O–H groups in total. The third-order valence-corrected chi connectivity index (χ3v) is 8.70. The van der Waals surface area contributed by atoms with Crippen LogP contribution in [0, 0.1) is 5.92 Å². The van der Waals surface area contributed by atoms with E-state index >= 15 is 0 Å². The van der Waals surface area contributed by atoms with Gasteiger partial charge in [-0.25, -0.2) is 0 Å². The second kappa shape index (κ2) is 8.77. The van der Waals surface area contributed by atoms with Crippen LogP contribution in [0.1, 0.15) is 72.6 Å². The third-order valence-electron chi connectivity index (χ3n) is 6.46. The summed E-state index contributed by atoms with van der Waals surface area (Å²) in [6.45, 7) is 8.71. The minimum atomic E-state index is -0.218. The van der Waals surface area contributed by atoms with Gasteiger partial charge in [-0.1, -0.05) is 0 Å². The molecule has 3 nitrogen and oxygen atoms in total. The molecule has 0 aromatic carbocycles. The van der Waals surface area contributed by atoms with Crippen LogP contribution in [-0.2, 0) is 9.31 Å². The molecular formula is C21H34BNO2Se. The van der Waals surface area contributed by atoms with Crippen molar-refractivity contribution in [1.29, 1.82) is 0 Å². The number of pyridine rings is 1. The Kier molecular flexibility index (Phi) is 6.88. The summed E-state index contributed by atoms with van der Waals surface area (Å²) in [7, 11) is -0.0333. The number of hydrogen-bond acceptors (Lipinski definition) is 3. The van der Waals surface area contributed by atoms with Gasteiger partial charge in [-0.3, -0.25) is 0 Å². The first kappa shape index (κ1) is 20.4. The molecule has 2 fully saturated rings. The van der Waals surface area contributed by atoms with Gasteiger partial charge in [-0.2, -0.15) is 0 Å². The van der Waals surface area contributed by atoms with Crippen molar-refractivity contribution in [1.82, 2.24) is 4.98 Å². The maximum atomic E-state index is 6.47. The standard InChI is InChI=1S/C21H34BNO2Se/c1-20(2)21(3,4)25-22(24-20)19(17-10-6-5-7-11-17)13-9-15-26-18-12-8-14-23-16-18/h8,12,14,16-17,19H,5-7,9-11,13,15H2,1-4H3. The van der Waals surface area contributed by atoms with Gasteiger partial charge >= 0.3 is 166 Å². The topological polar surface area (TPSA) is 31.4 Å². The molecule has 0 bridgehead atoms. The fourth-order valence-corrected chi connectivity index (χ4v) is 5.96. The van der Waals surface area contributed by atoms with Crippen molar-refractivity contribution >= 4 is 26.5 Å². The molecule has 5 heteroatoms. The van der Waals surface area contributed by atoms with Crippen LogP contribution in [0.5, 0.6) is 0 Å². The van der Waals surface area contributed by atoms with Gasteiger partial charge in [0.05, 0.1) is 0 Å². The van der Waals surface area contributed by atoms with Crippen molar-refractivity contribution in [2.24, 2.45) is 5.92 Å². The molecule has 2 heterocycles. The minimum absolute atomic E-state index is 0.0333. The van der Waals surface area contributed by atoms with Gasteiger partial charge in [0.15, 0.2) is 0 Å². The molecule has 3 rings (SSSR count). The normalized spacial score (nSPS) is 23.9. The summed E-state index contributed by atoms with van der Waals surface area (Å²) in [6, 6.07) is 4.26. The molecule has 144 valence electrons. The quantitative estimate of drug-likeness (QED) is 0.474. The summed E-state index contributed by atoms with van der Waals surface area (Å²) in [5.74, 6) is 1.31. The van der Waals surface area contributed by atoms with Gasteiger partial charge in [0.1, 0.15) is 0 Å². The Morgan fingerprint density at radius 3 is 2.46 bits per heavy atom. The molecule has 1 unspecified atom stereocenters. The molecule has 1 aromatic heterocycles. The Bertz CT molecular complexity index is 544. The average Bonchev–Trinajstić information content (AvgIpc) is 2.84. The summed E-state index contributed by atoms with van der Waals surface area (Å²) < 4.78 is 14.3. The first-order valence-electron chi connectivity index (χ1n) is 10.3. The van der Waals surface area contributed by atoms with Crippen LogP contribution in [0.3, 0.4) is 0 Å². The van der Waals surface area contributed by atoms with E-state index in [-0.39, 0.29) is 18.3 Å². The van der Waals surface area contributed by atoms with Gasteiger partial charge in [-0.15, -0.1) is 0 Å². The molecule has 1 aliphatic carbocycles. The molecule has 1 saturated carbocycles. The molecule has 0 spiro atoms. The van der Waals surface area contributed by atoms with Crippen molar-refractivity contribution < 1.29 is 9.31 Å². The van der Waals surface area contributed by atoms with Crippen molar-refractivity contribution in [2.45, 2.75) is 95.0 Å². The van der Waals surface area contributed by atoms with Gasteiger partial charge in [0, 0.05) is 0 Å². The van der Waals surface area contributed by atoms with Crippen LogP contribution >= 0.6 is 0 Å². The van der Waals surface area contributed by atoms with Crippen LogP contribution in [0.2, 0.25) is 11.1 Å². The van der Waals surface area contributed by atoms with Crippen molar-refractivity contribution in [3.63, 3.8) is 0 Å². The zero-order chi connectivity index (χ0) is 18.6. The van der Waals surface area contributed by atoms with Crippen LogP contribution in [0.25, 0.3) is 0 Å². The second-order valence-electron chi connectivity index (χ2n) is 8.87. The Labute approximate surface area is 166 Å². The third kappa shape index (κ3) is 4.92. The molecule has 2 aliphatic rings. The Hall–Kier alpha value is -0.346. The SMILES string of the molecule is CC1(C)OB(C(CCC[Se]c2cccnc2)C2CCCCC2)OC1(C)C. The van der Waals surface area contributed by atoms with Crippen LogP contribution in [0.15, 0.2) is 24.5 Å². The predicted molar refractivity (Wildman–Crippen MR) is 110 cm³/mol. The van der Waals surface area contributed by atoms with Crippen molar-refractivity contribution in [2.75, 3.05) is 0 Å². The number of aromatic nitrogens is 1. The monoisotopic (exact) mass is 423 g/mol. The molecule has 0 radical (unpaired) electrons. The van der Waals surface area contributed by atoms with E-state index in [4.69, 9.17) is 9.31 Å². The van der Waals surface area contributed by atoms with Gasteiger partial charge in [-0.05, 0) is 0 Å². The second-order valence-corrected chi connectivity index (χ2v) is 11.3. The summed E-state index contributed by atoms with van der Waals surface area (Å²) in [5, 5.41) is 1.28. The van der Waals surface area contributed by atoms with E-state index in [0.717, 1.165) is 5.92 Å².